The molecule has 3 atom stereocenters. The lowest BCUT2D eigenvalue weighted by molar-refractivity contribution is 0.149. The average Bonchev–Trinajstić information content (AvgIpc) is 2.63. The third-order valence-electron chi connectivity index (χ3n) is 3.36. The van der Waals surface area contributed by atoms with Crippen LogP contribution in [-0.2, 0) is 0 Å². The molecule has 1 aliphatic carbocycles. The first kappa shape index (κ1) is 10.8. The maximum Gasteiger partial charge on any atom is 0.0693 e. The van der Waals surface area contributed by atoms with Crippen LogP contribution in [0.1, 0.15) is 38.5 Å². The lowest BCUT2D eigenvalue weighted by atomic mass is 10.1. The van der Waals surface area contributed by atoms with Crippen LogP contribution in [0, 0.1) is 0 Å². The summed E-state index contributed by atoms with van der Waals surface area (Å²) in [5.41, 5.74) is 0. The summed E-state index contributed by atoms with van der Waals surface area (Å²) in [6.45, 7) is 1.10. The first-order valence-corrected chi connectivity index (χ1v) is 6.94. The molecule has 2 nitrogen and oxygen atoms in total. The van der Waals surface area contributed by atoms with Crippen molar-refractivity contribution in [1.29, 1.82) is 0 Å². The van der Waals surface area contributed by atoms with Gasteiger partial charge in [-0.15, -0.1) is 0 Å². The van der Waals surface area contributed by atoms with Gasteiger partial charge in [0.2, 0.25) is 0 Å². The number of rotatable bonds is 3. The monoisotopic (exact) mass is 215 g/mol. The second-order valence-corrected chi connectivity index (χ2v) is 5.91. The quantitative estimate of drug-likeness (QED) is 0.752. The van der Waals surface area contributed by atoms with Crippen LogP contribution in [0.2, 0.25) is 0 Å². The normalized spacial score (nSPS) is 38.8. The lowest BCUT2D eigenvalue weighted by Crippen LogP contribution is -2.39. The second kappa shape index (κ2) is 5.38. The SMILES string of the molecule is OC1CCCC1NCC1CCCCS1. The number of nitrogens with one attached hydrogen (secondary N) is 1. The predicted molar refractivity (Wildman–Crippen MR) is 61.7 cm³/mol. The smallest absolute Gasteiger partial charge is 0.0693 e. The van der Waals surface area contributed by atoms with Crippen molar-refractivity contribution >= 4 is 11.8 Å². The minimum absolute atomic E-state index is 0.0800. The van der Waals surface area contributed by atoms with Crippen molar-refractivity contribution in [2.24, 2.45) is 0 Å². The summed E-state index contributed by atoms with van der Waals surface area (Å²) in [6.07, 6.45) is 7.42. The summed E-state index contributed by atoms with van der Waals surface area (Å²) in [4.78, 5) is 0. The summed E-state index contributed by atoms with van der Waals surface area (Å²) < 4.78 is 0. The molecule has 2 N–H and O–H groups in total. The molecule has 3 heteroatoms. The average molecular weight is 215 g/mol. The minimum atomic E-state index is -0.0800. The lowest BCUT2D eigenvalue weighted by Gasteiger charge is -2.24. The van der Waals surface area contributed by atoms with Gasteiger partial charge < -0.3 is 10.4 Å². The molecule has 1 saturated carbocycles. The van der Waals surface area contributed by atoms with Gasteiger partial charge in [0.1, 0.15) is 0 Å². The van der Waals surface area contributed by atoms with Crippen LogP contribution >= 0.6 is 11.8 Å². The van der Waals surface area contributed by atoms with Crippen LogP contribution in [0.4, 0.5) is 0 Å². The van der Waals surface area contributed by atoms with Gasteiger partial charge in [-0.25, -0.2) is 0 Å². The Balaban J connectivity index is 1.65. The molecule has 14 heavy (non-hydrogen) atoms. The summed E-state index contributed by atoms with van der Waals surface area (Å²) >= 11 is 2.10. The molecule has 0 aromatic heterocycles. The van der Waals surface area contributed by atoms with Gasteiger partial charge in [0.15, 0.2) is 0 Å². The van der Waals surface area contributed by atoms with Crippen LogP contribution in [-0.4, -0.2) is 34.8 Å². The van der Waals surface area contributed by atoms with Crippen molar-refractivity contribution in [3.63, 3.8) is 0 Å². The van der Waals surface area contributed by atoms with Gasteiger partial charge in [-0.2, -0.15) is 11.8 Å². The first-order valence-electron chi connectivity index (χ1n) is 5.89. The summed E-state index contributed by atoms with van der Waals surface area (Å²) in [5.74, 6) is 1.33. The topological polar surface area (TPSA) is 32.3 Å². The maximum absolute atomic E-state index is 9.65. The Kier molecular flexibility index (Phi) is 4.14. The molecular weight excluding hydrogens is 194 g/mol. The number of hydrogen-bond acceptors (Lipinski definition) is 3. The van der Waals surface area contributed by atoms with Gasteiger partial charge in [-0.05, 0) is 37.9 Å². The summed E-state index contributed by atoms with van der Waals surface area (Å²) in [7, 11) is 0. The molecule has 0 amide bonds. The van der Waals surface area contributed by atoms with Crippen molar-refractivity contribution in [3.05, 3.63) is 0 Å². The zero-order valence-corrected chi connectivity index (χ0v) is 9.56. The highest BCUT2D eigenvalue weighted by Gasteiger charge is 2.25. The van der Waals surface area contributed by atoms with Crippen LogP contribution in [0.3, 0.4) is 0 Å². The van der Waals surface area contributed by atoms with Crippen molar-refractivity contribution < 1.29 is 5.11 Å². The van der Waals surface area contributed by atoms with Crippen molar-refractivity contribution in [3.8, 4) is 0 Å². The van der Waals surface area contributed by atoms with Gasteiger partial charge in [0.25, 0.3) is 0 Å². The molecule has 0 spiro atoms. The standard InChI is InChI=1S/C11H21NOS/c13-11-6-3-5-10(11)12-8-9-4-1-2-7-14-9/h9-13H,1-8H2. The van der Waals surface area contributed by atoms with Crippen LogP contribution in [0.25, 0.3) is 0 Å². The second-order valence-electron chi connectivity index (χ2n) is 4.50. The summed E-state index contributed by atoms with van der Waals surface area (Å²) in [5, 5.41) is 14.0. The molecule has 1 aliphatic heterocycles. The Morgan fingerprint density at radius 2 is 2.07 bits per heavy atom. The third kappa shape index (κ3) is 2.88. The van der Waals surface area contributed by atoms with Crippen molar-refractivity contribution in [2.75, 3.05) is 12.3 Å². The van der Waals surface area contributed by atoms with Gasteiger partial charge >= 0.3 is 0 Å². The van der Waals surface area contributed by atoms with Crippen molar-refractivity contribution in [1.82, 2.24) is 5.32 Å². The molecule has 1 heterocycles. The molecule has 2 aliphatic rings. The third-order valence-corrected chi connectivity index (χ3v) is 4.76. The van der Waals surface area contributed by atoms with Gasteiger partial charge in [-0.3, -0.25) is 0 Å². The Hall–Kier alpha value is 0.270. The van der Waals surface area contributed by atoms with E-state index in [4.69, 9.17) is 0 Å². The van der Waals surface area contributed by atoms with E-state index >= 15 is 0 Å². The molecular formula is C11H21NOS. The predicted octanol–water partition coefficient (Wildman–Crippen LogP) is 1.78. The van der Waals surface area contributed by atoms with Crippen LogP contribution in [0.5, 0.6) is 0 Å². The fraction of sp³-hybridized carbons (Fsp3) is 1.00. The Morgan fingerprint density at radius 3 is 2.71 bits per heavy atom. The van der Waals surface area contributed by atoms with Gasteiger partial charge in [0, 0.05) is 17.8 Å². The molecule has 2 fully saturated rings. The van der Waals surface area contributed by atoms with Crippen LogP contribution < -0.4 is 5.32 Å². The number of aliphatic hydroxyl groups excluding tert-OH is 1. The van der Waals surface area contributed by atoms with E-state index < -0.39 is 0 Å². The van der Waals surface area contributed by atoms with E-state index in [-0.39, 0.29) is 6.10 Å². The largest absolute Gasteiger partial charge is 0.392 e. The van der Waals surface area contributed by atoms with Crippen LogP contribution in [0.15, 0.2) is 0 Å². The molecule has 0 aromatic carbocycles. The molecule has 0 radical (unpaired) electrons. The van der Waals surface area contributed by atoms with E-state index in [0.717, 1.165) is 18.2 Å². The molecule has 1 saturated heterocycles. The molecule has 2 rings (SSSR count). The van der Waals surface area contributed by atoms with E-state index in [1.165, 1.54) is 37.9 Å². The molecule has 0 bridgehead atoms. The van der Waals surface area contributed by atoms with E-state index in [0.29, 0.717) is 6.04 Å². The highest BCUT2D eigenvalue weighted by atomic mass is 32.2. The Labute approximate surface area is 90.8 Å². The maximum atomic E-state index is 9.65. The minimum Gasteiger partial charge on any atom is -0.392 e. The van der Waals surface area contributed by atoms with E-state index in [9.17, 15) is 5.11 Å². The van der Waals surface area contributed by atoms with E-state index in [2.05, 4.69) is 17.1 Å². The van der Waals surface area contributed by atoms with Gasteiger partial charge in [-0.1, -0.05) is 6.42 Å². The van der Waals surface area contributed by atoms with Gasteiger partial charge in [0.05, 0.1) is 6.10 Å². The molecule has 3 unspecified atom stereocenters. The fourth-order valence-electron chi connectivity index (χ4n) is 2.43. The van der Waals surface area contributed by atoms with Crippen molar-refractivity contribution in [2.45, 2.75) is 55.9 Å². The summed E-state index contributed by atoms with van der Waals surface area (Å²) in [6, 6.07) is 0.387. The Morgan fingerprint density at radius 1 is 1.14 bits per heavy atom. The van der Waals surface area contributed by atoms with E-state index in [1.54, 1.807) is 0 Å². The highest BCUT2D eigenvalue weighted by molar-refractivity contribution is 7.99. The van der Waals surface area contributed by atoms with E-state index in [1.807, 2.05) is 0 Å². The number of hydrogen-bond donors (Lipinski definition) is 2. The zero-order valence-electron chi connectivity index (χ0n) is 8.74. The molecule has 82 valence electrons. The zero-order chi connectivity index (χ0) is 9.80. The fourth-order valence-corrected chi connectivity index (χ4v) is 3.68. The Bertz CT molecular complexity index is 171. The highest BCUT2D eigenvalue weighted by Crippen LogP contribution is 2.25. The first-order chi connectivity index (χ1) is 6.86. The number of thioether (sulfide) groups is 1. The number of aliphatic hydroxyl groups is 1. The molecule has 0 aromatic rings.